The highest BCUT2D eigenvalue weighted by molar-refractivity contribution is 5.87. The maximum atomic E-state index is 11.9. The fourth-order valence-corrected chi connectivity index (χ4v) is 3.51. The minimum absolute atomic E-state index is 0.0794. The molecule has 0 saturated carbocycles. The number of pyridine rings is 1. The number of nitrogens with two attached hydrogens (primary N) is 1. The Morgan fingerprint density at radius 1 is 1.27 bits per heavy atom. The monoisotopic (exact) mass is 411 g/mol. The van der Waals surface area contributed by atoms with E-state index in [2.05, 4.69) is 4.98 Å². The molecular weight excluding hydrogens is 382 g/mol. The number of hydrogen-bond donors (Lipinski definition) is 1. The maximum absolute atomic E-state index is 11.9. The van der Waals surface area contributed by atoms with E-state index in [4.69, 9.17) is 14.9 Å². The molecule has 160 valence electrons. The molecule has 0 aliphatic carbocycles. The molecule has 0 spiro atoms. The number of nitrogens with zero attached hydrogens (tertiary/aromatic N) is 2. The van der Waals surface area contributed by atoms with E-state index < -0.39 is 0 Å². The Morgan fingerprint density at radius 3 is 2.80 bits per heavy atom. The Kier molecular flexibility index (Phi) is 7.05. The second kappa shape index (κ2) is 9.71. The number of aryl methyl sites for hydroxylation is 1. The Balaban J connectivity index is 1.73. The number of unbranched alkanes of at least 4 members (excludes halogenated alkanes) is 2. The van der Waals surface area contributed by atoms with Gasteiger partial charge in [-0.2, -0.15) is 0 Å². The van der Waals surface area contributed by atoms with E-state index in [-0.39, 0.29) is 11.6 Å². The second-order valence-corrected chi connectivity index (χ2v) is 7.50. The number of ether oxygens (including phenoxy) is 1. The third-order valence-corrected chi connectivity index (χ3v) is 5.42. The first-order valence-electron chi connectivity index (χ1n) is 10.4. The number of aromatic nitrogens is 2. The third-order valence-electron chi connectivity index (χ3n) is 5.42. The number of carbonyl (C=O) groups excluding carboxylic acids is 1. The summed E-state index contributed by atoms with van der Waals surface area (Å²) >= 11 is 0. The number of fused-ring (bicyclic) bond motifs is 1. The summed E-state index contributed by atoms with van der Waals surface area (Å²) in [5.74, 6) is 1.96. The highest BCUT2D eigenvalue weighted by atomic mass is 16.5. The van der Waals surface area contributed by atoms with Crippen molar-refractivity contribution in [2.24, 2.45) is 12.8 Å². The van der Waals surface area contributed by atoms with Crippen LogP contribution in [0, 0.1) is 0 Å². The van der Waals surface area contributed by atoms with Crippen LogP contribution in [-0.4, -0.2) is 22.4 Å². The van der Waals surface area contributed by atoms with Crippen LogP contribution in [0.3, 0.4) is 0 Å². The zero-order valence-electron chi connectivity index (χ0n) is 17.8. The van der Waals surface area contributed by atoms with Crippen LogP contribution in [0.15, 0.2) is 39.7 Å². The van der Waals surface area contributed by atoms with Crippen molar-refractivity contribution in [1.82, 2.24) is 9.55 Å². The quantitative estimate of drug-likeness (QED) is 0.504. The molecule has 3 rings (SSSR count). The van der Waals surface area contributed by atoms with Crippen LogP contribution >= 0.6 is 0 Å². The van der Waals surface area contributed by atoms with Crippen LogP contribution in [-0.2, 0) is 11.8 Å². The summed E-state index contributed by atoms with van der Waals surface area (Å²) in [6.07, 6.45) is 6.42. The summed E-state index contributed by atoms with van der Waals surface area (Å²) in [5.41, 5.74) is 7.72. The highest BCUT2D eigenvalue weighted by Gasteiger charge is 2.17. The lowest BCUT2D eigenvalue weighted by atomic mass is 10.1. The molecule has 3 aromatic rings. The number of Topliss-reactive ketones (excluding diaryl/α,β-unsaturated/α-hetero) is 1. The highest BCUT2D eigenvalue weighted by Crippen LogP contribution is 2.35. The van der Waals surface area contributed by atoms with Crippen LogP contribution in [0.1, 0.15) is 57.4 Å². The van der Waals surface area contributed by atoms with Gasteiger partial charge in [0.1, 0.15) is 11.5 Å². The van der Waals surface area contributed by atoms with Gasteiger partial charge in [0, 0.05) is 32.0 Å². The van der Waals surface area contributed by atoms with Crippen molar-refractivity contribution < 1.29 is 13.9 Å². The fourth-order valence-electron chi connectivity index (χ4n) is 3.51. The largest absolute Gasteiger partial charge is 0.496 e. The number of methoxy groups -OCH3 is 1. The van der Waals surface area contributed by atoms with Crippen molar-refractivity contribution in [2.45, 2.75) is 51.5 Å². The molecule has 0 aliphatic rings. The summed E-state index contributed by atoms with van der Waals surface area (Å²) in [6, 6.07) is 6.77. The van der Waals surface area contributed by atoms with Gasteiger partial charge in [0.05, 0.1) is 30.4 Å². The molecule has 1 aromatic carbocycles. The van der Waals surface area contributed by atoms with Crippen LogP contribution in [0.5, 0.6) is 5.75 Å². The molecule has 7 nitrogen and oxygen atoms in total. The topological polar surface area (TPSA) is 100 Å². The van der Waals surface area contributed by atoms with Crippen molar-refractivity contribution in [3.8, 4) is 17.1 Å². The van der Waals surface area contributed by atoms with Crippen LogP contribution in [0.2, 0.25) is 0 Å². The Labute approximate surface area is 175 Å². The minimum Gasteiger partial charge on any atom is -0.496 e. The predicted molar refractivity (Wildman–Crippen MR) is 117 cm³/mol. The average molecular weight is 412 g/mol. The molecule has 7 heteroatoms. The zero-order chi connectivity index (χ0) is 21.7. The van der Waals surface area contributed by atoms with Gasteiger partial charge in [-0.1, -0.05) is 19.8 Å². The smallest absolute Gasteiger partial charge is 0.250 e. The maximum Gasteiger partial charge on any atom is 0.250 e. The molecule has 2 N–H and O–H groups in total. The van der Waals surface area contributed by atoms with Gasteiger partial charge < -0.3 is 19.5 Å². The molecule has 0 bridgehead atoms. The fraction of sp³-hybridized carbons (Fsp3) is 0.435. The average Bonchev–Trinajstić information content (AvgIpc) is 3.25. The Hall–Kier alpha value is -2.93. The van der Waals surface area contributed by atoms with E-state index in [0.29, 0.717) is 36.0 Å². The third kappa shape index (κ3) is 4.79. The summed E-state index contributed by atoms with van der Waals surface area (Å²) in [7, 11) is 3.31. The van der Waals surface area contributed by atoms with E-state index in [1.165, 1.54) is 6.07 Å². The molecule has 30 heavy (non-hydrogen) atoms. The van der Waals surface area contributed by atoms with Crippen LogP contribution in [0.25, 0.3) is 22.2 Å². The predicted octanol–water partition coefficient (Wildman–Crippen LogP) is 4.13. The Bertz CT molecular complexity index is 1080. The van der Waals surface area contributed by atoms with Crippen molar-refractivity contribution in [3.05, 3.63) is 46.7 Å². The summed E-state index contributed by atoms with van der Waals surface area (Å²) < 4.78 is 13.1. The van der Waals surface area contributed by atoms with Crippen molar-refractivity contribution in [2.75, 3.05) is 7.11 Å². The van der Waals surface area contributed by atoms with Gasteiger partial charge >= 0.3 is 0 Å². The van der Waals surface area contributed by atoms with E-state index in [1.54, 1.807) is 31.0 Å². The van der Waals surface area contributed by atoms with Gasteiger partial charge in [0.2, 0.25) is 5.89 Å². The van der Waals surface area contributed by atoms with Gasteiger partial charge in [0.25, 0.3) is 5.56 Å². The number of rotatable bonds is 10. The summed E-state index contributed by atoms with van der Waals surface area (Å²) in [4.78, 5) is 27.6. The Morgan fingerprint density at radius 2 is 2.07 bits per heavy atom. The summed E-state index contributed by atoms with van der Waals surface area (Å²) in [5, 5.41) is 0.900. The first kappa shape index (κ1) is 21.8. The standard InChI is InChI=1S/C23H29N3O4/c1-4-16(27)8-6-5-7-9-18(24)23-25-14-21(30-23)17-12-15-10-11-22(28)26(2)19(15)13-20(17)29-3/h10-14,18H,4-9,24H2,1-3H3/t18-/m0/s1. The molecule has 0 amide bonds. The van der Waals surface area contributed by atoms with Gasteiger partial charge in [-0.15, -0.1) is 0 Å². The van der Waals surface area contributed by atoms with Crippen LogP contribution in [0.4, 0.5) is 0 Å². The first-order valence-corrected chi connectivity index (χ1v) is 10.4. The number of carbonyl (C=O) groups is 1. The zero-order valence-corrected chi connectivity index (χ0v) is 17.8. The molecule has 0 radical (unpaired) electrons. The van der Waals surface area contributed by atoms with E-state index >= 15 is 0 Å². The van der Waals surface area contributed by atoms with Gasteiger partial charge in [-0.3, -0.25) is 9.59 Å². The van der Waals surface area contributed by atoms with Crippen molar-refractivity contribution >= 4 is 16.7 Å². The van der Waals surface area contributed by atoms with Crippen molar-refractivity contribution in [1.29, 1.82) is 0 Å². The van der Waals surface area contributed by atoms with Gasteiger partial charge in [-0.05, 0) is 30.4 Å². The lowest BCUT2D eigenvalue weighted by molar-refractivity contribution is -0.118. The van der Waals surface area contributed by atoms with Gasteiger partial charge in [-0.25, -0.2) is 4.98 Å². The van der Waals surface area contributed by atoms with E-state index in [0.717, 1.165) is 42.1 Å². The number of oxazole rings is 1. The molecular formula is C23H29N3O4. The molecule has 0 fully saturated rings. The second-order valence-electron chi connectivity index (χ2n) is 7.50. The minimum atomic E-state index is -0.298. The van der Waals surface area contributed by atoms with Crippen LogP contribution < -0.4 is 16.0 Å². The van der Waals surface area contributed by atoms with Crippen molar-refractivity contribution in [3.63, 3.8) is 0 Å². The lowest BCUT2D eigenvalue weighted by Gasteiger charge is -2.11. The first-order chi connectivity index (χ1) is 14.4. The number of hydrogen-bond acceptors (Lipinski definition) is 6. The molecule has 1 atom stereocenters. The van der Waals surface area contributed by atoms with Gasteiger partial charge in [0.15, 0.2) is 5.76 Å². The van der Waals surface area contributed by atoms with E-state index in [9.17, 15) is 9.59 Å². The summed E-state index contributed by atoms with van der Waals surface area (Å²) in [6.45, 7) is 1.89. The molecule has 0 aliphatic heterocycles. The number of benzene rings is 1. The number of ketones is 1. The molecule has 0 saturated heterocycles. The van der Waals surface area contributed by atoms with E-state index in [1.807, 2.05) is 19.1 Å². The normalized spacial score (nSPS) is 12.3. The molecule has 2 heterocycles. The SMILES string of the molecule is CCC(=O)CCCCC[C@H](N)c1ncc(-c2cc3ccc(=O)n(C)c3cc2OC)o1. The molecule has 2 aromatic heterocycles. The lowest BCUT2D eigenvalue weighted by Crippen LogP contribution is -2.15. The molecule has 0 unspecified atom stereocenters.